The second-order valence-corrected chi connectivity index (χ2v) is 6.87. The number of rotatable bonds is 3. The van der Waals surface area contributed by atoms with Gasteiger partial charge in [-0.2, -0.15) is 0 Å². The largest absolute Gasteiger partial charge is 0.345 e. The predicted molar refractivity (Wildman–Crippen MR) is 108 cm³/mol. The number of nitrogens with zero attached hydrogens (tertiary/aromatic N) is 1. The number of hydrogen-bond acceptors (Lipinski definition) is 3. The van der Waals surface area contributed by atoms with Gasteiger partial charge in [-0.15, -0.1) is 0 Å². The minimum absolute atomic E-state index is 0.0705. The van der Waals surface area contributed by atoms with E-state index in [2.05, 4.69) is 5.32 Å². The van der Waals surface area contributed by atoms with Gasteiger partial charge in [0.1, 0.15) is 0 Å². The number of nitrogens with one attached hydrogen (secondary N) is 1. The van der Waals surface area contributed by atoms with E-state index in [4.69, 9.17) is 0 Å². The second kappa shape index (κ2) is 6.78. The van der Waals surface area contributed by atoms with E-state index in [0.717, 1.165) is 11.1 Å². The molecule has 3 aromatic carbocycles. The molecule has 138 valence electrons. The minimum Gasteiger partial charge on any atom is -0.345 e. The topological polar surface area (TPSA) is 66.5 Å². The number of carbonyl (C=O) groups is 3. The number of hydrogen-bond donors (Lipinski definition) is 1. The van der Waals surface area contributed by atoms with Crippen LogP contribution in [0.15, 0.2) is 66.7 Å². The molecule has 0 radical (unpaired) electrons. The summed E-state index contributed by atoms with van der Waals surface area (Å²) < 4.78 is 0. The van der Waals surface area contributed by atoms with Crippen molar-refractivity contribution in [2.75, 3.05) is 19.4 Å². The Morgan fingerprint density at radius 1 is 0.750 bits per heavy atom. The lowest BCUT2D eigenvalue weighted by atomic mass is 10.0. The van der Waals surface area contributed by atoms with E-state index in [0.29, 0.717) is 27.9 Å². The molecule has 1 aliphatic rings. The van der Waals surface area contributed by atoms with Crippen molar-refractivity contribution in [1.82, 2.24) is 4.90 Å². The van der Waals surface area contributed by atoms with Gasteiger partial charge in [-0.25, -0.2) is 0 Å². The van der Waals surface area contributed by atoms with Crippen LogP contribution in [0.4, 0.5) is 5.69 Å². The first-order chi connectivity index (χ1) is 13.5. The SMILES string of the molecule is CN(C)C(=O)c1cccc(NC(=O)c2ccc3c(c2)C(=O)c2ccccc2-3)c1. The van der Waals surface area contributed by atoms with Crippen LogP contribution in [0.1, 0.15) is 36.6 Å². The highest BCUT2D eigenvalue weighted by atomic mass is 16.2. The maximum absolute atomic E-state index is 12.7. The summed E-state index contributed by atoms with van der Waals surface area (Å²) in [5.41, 5.74) is 4.33. The second-order valence-electron chi connectivity index (χ2n) is 6.87. The lowest BCUT2D eigenvalue weighted by Crippen LogP contribution is -2.22. The fourth-order valence-corrected chi connectivity index (χ4v) is 3.36. The van der Waals surface area contributed by atoms with Gasteiger partial charge in [-0.3, -0.25) is 14.4 Å². The van der Waals surface area contributed by atoms with E-state index in [1.807, 2.05) is 18.2 Å². The number of fused-ring (bicyclic) bond motifs is 3. The Labute approximate surface area is 162 Å². The first-order valence-corrected chi connectivity index (χ1v) is 8.87. The summed E-state index contributed by atoms with van der Waals surface area (Å²) in [5, 5.41) is 2.80. The monoisotopic (exact) mass is 370 g/mol. The fourth-order valence-electron chi connectivity index (χ4n) is 3.36. The first-order valence-electron chi connectivity index (χ1n) is 8.87. The normalized spacial score (nSPS) is 11.6. The molecule has 0 bridgehead atoms. The summed E-state index contributed by atoms with van der Waals surface area (Å²) in [5.74, 6) is -0.545. The molecule has 0 saturated carbocycles. The molecule has 28 heavy (non-hydrogen) atoms. The molecule has 0 fully saturated rings. The van der Waals surface area contributed by atoms with Crippen LogP contribution in [-0.2, 0) is 0 Å². The Morgan fingerprint density at radius 3 is 2.21 bits per heavy atom. The molecule has 1 aliphatic carbocycles. The Balaban J connectivity index is 1.60. The Hall–Kier alpha value is -3.73. The molecule has 0 aliphatic heterocycles. The van der Waals surface area contributed by atoms with Gasteiger partial charge in [0.25, 0.3) is 11.8 Å². The van der Waals surface area contributed by atoms with Crippen molar-refractivity contribution in [2.45, 2.75) is 0 Å². The highest BCUT2D eigenvalue weighted by molar-refractivity contribution is 6.22. The van der Waals surface area contributed by atoms with Crippen molar-refractivity contribution in [1.29, 1.82) is 0 Å². The van der Waals surface area contributed by atoms with E-state index in [-0.39, 0.29) is 17.6 Å². The molecule has 0 saturated heterocycles. The van der Waals surface area contributed by atoms with E-state index in [1.54, 1.807) is 62.6 Å². The Bertz CT molecular complexity index is 1130. The number of anilines is 1. The molecule has 0 heterocycles. The summed E-state index contributed by atoms with van der Waals surface area (Å²) in [6.07, 6.45) is 0. The van der Waals surface area contributed by atoms with E-state index in [9.17, 15) is 14.4 Å². The lowest BCUT2D eigenvalue weighted by molar-refractivity contribution is 0.0827. The van der Waals surface area contributed by atoms with Gasteiger partial charge in [0.05, 0.1) is 0 Å². The van der Waals surface area contributed by atoms with Crippen LogP contribution in [0.25, 0.3) is 11.1 Å². The smallest absolute Gasteiger partial charge is 0.255 e. The molecule has 0 atom stereocenters. The van der Waals surface area contributed by atoms with E-state index < -0.39 is 0 Å². The first kappa shape index (κ1) is 17.7. The zero-order valence-electron chi connectivity index (χ0n) is 15.5. The van der Waals surface area contributed by atoms with Gasteiger partial charge >= 0.3 is 0 Å². The molecular weight excluding hydrogens is 352 g/mol. The number of amides is 2. The van der Waals surface area contributed by atoms with Crippen LogP contribution >= 0.6 is 0 Å². The van der Waals surface area contributed by atoms with Crippen molar-refractivity contribution in [3.05, 3.63) is 89.0 Å². The Morgan fingerprint density at radius 2 is 1.46 bits per heavy atom. The molecule has 2 amide bonds. The molecule has 0 unspecified atom stereocenters. The van der Waals surface area contributed by atoms with Crippen molar-refractivity contribution in [2.24, 2.45) is 0 Å². The fraction of sp³-hybridized carbons (Fsp3) is 0.0870. The van der Waals surface area contributed by atoms with Gasteiger partial charge in [0.15, 0.2) is 5.78 Å². The quantitative estimate of drug-likeness (QED) is 0.596. The molecule has 1 N–H and O–H groups in total. The molecule has 0 aromatic heterocycles. The van der Waals surface area contributed by atoms with Gasteiger partial charge in [0.2, 0.25) is 0 Å². The summed E-state index contributed by atoms with van der Waals surface area (Å²) in [6.45, 7) is 0. The van der Waals surface area contributed by atoms with Crippen LogP contribution in [0, 0.1) is 0 Å². The molecule has 5 nitrogen and oxygen atoms in total. The van der Waals surface area contributed by atoms with Gasteiger partial charge in [0, 0.05) is 42.0 Å². The van der Waals surface area contributed by atoms with Crippen molar-refractivity contribution in [3.8, 4) is 11.1 Å². The van der Waals surface area contributed by atoms with Gasteiger partial charge in [-0.1, -0.05) is 36.4 Å². The van der Waals surface area contributed by atoms with E-state index in [1.165, 1.54) is 4.90 Å². The molecule has 4 rings (SSSR count). The molecule has 0 spiro atoms. The van der Waals surface area contributed by atoms with Crippen molar-refractivity contribution >= 4 is 23.3 Å². The minimum atomic E-state index is -0.332. The average molecular weight is 370 g/mol. The maximum atomic E-state index is 12.7. The maximum Gasteiger partial charge on any atom is 0.255 e. The molecule has 5 heteroatoms. The van der Waals surface area contributed by atoms with Crippen LogP contribution < -0.4 is 5.32 Å². The zero-order valence-corrected chi connectivity index (χ0v) is 15.5. The number of benzene rings is 3. The van der Waals surface area contributed by atoms with Crippen molar-refractivity contribution in [3.63, 3.8) is 0 Å². The molecule has 3 aromatic rings. The predicted octanol–water partition coefficient (Wildman–Crippen LogP) is 3.85. The van der Waals surface area contributed by atoms with Gasteiger partial charge < -0.3 is 10.2 Å². The third-order valence-corrected chi connectivity index (χ3v) is 4.76. The summed E-state index contributed by atoms with van der Waals surface area (Å²) in [4.78, 5) is 38.9. The van der Waals surface area contributed by atoms with Crippen molar-refractivity contribution < 1.29 is 14.4 Å². The molecular formula is C23H18N2O3. The zero-order chi connectivity index (χ0) is 19.8. The van der Waals surface area contributed by atoms with E-state index >= 15 is 0 Å². The summed E-state index contributed by atoms with van der Waals surface area (Å²) in [7, 11) is 3.35. The third-order valence-electron chi connectivity index (χ3n) is 4.76. The van der Waals surface area contributed by atoms with Crippen LogP contribution in [0.5, 0.6) is 0 Å². The highest BCUT2D eigenvalue weighted by Gasteiger charge is 2.27. The lowest BCUT2D eigenvalue weighted by Gasteiger charge is -2.12. The third kappa shape index (κ3) is 2.97. The van der Waals surface area contributed by atoms with Crippen LogP contribution in [0.3, 0.4) is 0 Å². The Kier molecular flexibility index (Phi) is 4.28. The summed E-state index contributed by atoms with van der Waals surface area (Å²) >= 11 is 0. The van der Waals surface area contributed by atoms with Crippen LogP contribution in [-0.4, -0.2) is 36.6 Å². The van der Waals surface area contributed by atoms with Crippen LogP contribution in [0.2, 0.25) is 0 Å². The highest BCUT2D eigenvalue weighted by Crippen LogP contribution is 2.36. The average Bonchev–Trinajstić information content (AvgIpc) is 2.99. The standard InChI is InChI=1S/C23H18N2O3/c1-25(2)23(28)15-6-5-7-16(12-15)24-22(27)14-10-11-18-17-8-3-4-9-19(17)21(26)20(18)13-14/h3-13H,1-2H3,(H,24,27). The number of ketones is 1. The van der Waals surface area contributed by atoms with Gasteiger partial charge in [-0.05, 0) is 41.5 Å². The number of carbonyl (C=O) groups excluding carboxylic acids is 3. The summed E-state index contributed by atoms with van der Waals surface area (Å²) in [6, 6.07) is 19.3.